The van der Waals surface area contributed by atoms with Crippen LogP contribution >= 0.6 is 0 Å². The highest BCUT2D eigenvalue weighted by atomic mass is 15.0. The van der Waals surface area contributed by atoms with Crippen LogP contribution in [-0.2, 0) is 0 Å². The van der Waals surface area contributed by atoms with Crippen LogP contribution in [0.2, 0.25) is 0 Å². The van der Waals surface area contributed by atoms with Gasteiger partial charge in [-0.15, -0.1) is 0 Å². The zero-order valence-electron chi connectivity index (χ0n) is 23.4. The Hall–Kier alpha value is -5.47. The van der Waals surface area contributed by atoms with Crippen molar-refractivity contribution in [1.29, 1.82) is 0 Å². The number of nitrogens with zero attached hydrogens (tertiary/aromatic N) is 2. The van der Waals surface area contributed by atoms with Crippen molar-refractivity contribution < 1.29 is 0 Å². The maximum Gasteiger partial charge on any atom is 0.0702 e. The number of pyridine rings is 1. The summed E-state index contributed by atoms with van der Waals surface area (Å²) in [5.74, 6) is 0. The summed E-state index contributed by atoms with van der Waals surface area (Å²) in [6.45, 7) is 6.29. The Balaban J connectivity index is 1.57. The second-order valence-corrected chi connectivity index (χ2v) is 10.9. The molecule has 2 nitrogen and oxygen atoms in total. The van der Waals surface area contributed by atoms with Crippen LogP contribution in [0, 0.1) is 0 Å². The molecular formula is C40H28N2. The zero-order valence-corrected chi connectivity index (χ0v) is 23.4. The first-order valence-corrected chi connectivity index (χ1v) is 14.3. The molecule has 42 heavy (non-hydrogen) atoms. The number of fused-ring (bicyclic) bond motifs is 3. The Labute approximate surface area is 245 Å². The molecule has 0 aliphatic heterocycles. The van der Waals surface area contributed by atoms with Crippen molar-refractivity contribution in [2.75, 3.05) is 0 Å². The van der Waals surface area contributed by atoms with Crippen molar-refractivity contribution in [3.8, 4) is 33.5 Å². The van der Waals surface area contributed by atoms with Crippen LogP contribution in [0.1, 0.15) is 12.5 Å². The molecule has 1 aliphatic rings. The molecule has 0 saturated heterocycles. The van der Waals surface area contributed by atoms with Crippen LogP contribution in [-0.4, -0.2) is 9.55 Å². The molecule has 2 heteroatoms. The molecule has 0 fully saturated rings. The molecule has 0 amide bonds. The van der Waals surface area contributed by atoms with Crippen LogP contribution < -0.4 is 0 Å². The van der Waals surface area contributed by atoms with Gasteiger partial charge in [0.25, 0.3) is 0 Å². The van der Waals surface area contributed by atoms with Gasteiger partial charge >= 0.3 is 0 Å². The SMILES string of the molecule is C=C/C=C(\C=C(/C)c1ccccc1)n1c2cc(-c3ccccn3)cc3c2c2c4c(cccc4ccc21)-c1ccccc1-3. The fourth-order valence-electron chi connectivity index (χ4n) is 6.67. The average molecular weight is 537 g/mol. The van der Waals surface area contributed by atoms with E-state index in [9.17, 15) is 0 Å². The van der Waals surface area contributed by atoms with E-state index in [0.29, 0.717) is 0 Å². The van der Waals surface area contributed by atoms with Gasteiger partial charge in [0.15, 0.2) is 0 Å². The van der Waals surface area contributed by atoms with Gasteiger partial charge in [-0.05, 0) is 93.6 Å². The Kier molecular flexibility index (Phi) is 5.55. The van der Waals surface area contributed by atoms with Gasteiger partial charge in [-0.2, -0.15) is 0 Å². The molecule has 198 valence electrons. The quantitative estimate of drug-likeness (QED) is 0.200. The minimum atomic E-state index is 0.960. The summed E-state index contributed by atoms with van der Waals surface area (Å²) in [5.41, 5.74) is 12.9. The maximum absolute atomic E-state index is 4.76. The summed E-state index contributed by atoms with van der Waals surface area (Å²) in [4.78, 5) is 4.76. The highest BCUT2D eigenvalue weighted by Crippen LogP contribution is 2.50. The highest BCUT2D eigenvalue weighted by molar-refractivity contribution is 6.31. The van der Waals surface area contributed by atoms with Gasteiger partial charge in [0.2, 0.25) is 0 Å². The molecule has 7 aromatic rings. The Bertz CT molecular complexity index is 2250. The topological polar surface area (TPSA) is 17.8 Å². The molecule has 0 N–H and O–H groups in total. The van der Waals surface area contributed by atoms with Crippen molar-refractivity contribution in [2.45, 2.75) is 6.92 Å². The summed E-state index contributed by atoms with van der Waals surface area (Å²) >= 11 is 0. The number of rotatable bonds is 5. The molecular weight excluding hydrogens is 508 g/mol. The summed E-state index contributed by atoms with van der Waals surface area (Å²) in [7, 11) is 0. The standard InChI is InChI=1S/C40H28N2/c1-3-12-30(23-26(2)27-13-5-4-6-14-27)42-36-21-20-28-15-11-18-33-31-16-7-8-17-32(31)34-24-29(35-19-9-10-22-41-35)25-37(42)39(34)40(36)38(28)33/h3-25H,1H2,2H3/b26-23+,30-12+. The molecule has 0 radical (unpaired) electrons. The van der Waals surface area contributed by atoms with Crippen molar-refractivity contribution in [2.24, 2.45) is 0 Å². The predicted molar refractivity (Wildman–Crippen MR) is 179 cm³/mol. The van der Waals surface area contributed by atoms with E-state index < -0.39 is 0 Å². The van der Waals surface area contributed by atoms with Gasteiger partial charge in [-0.1, -0.05) is 97.6 Å². The Morgan fingerprint density at radius 3 is 2.21 bits per heavy atom. The molecule has 0 bridgehead atoms. The van der Waals surface area contributed by atoms with Crippen LogP contribution in [0.25, 0.3) is 77.4 Å². The van der Waals surface area contributed by atoms with E-state index >= 15 is 0 Å². The zero-order chi connectivity index (χ0) is 28.2. The van der Waals surface area contributed by atoms with E-state index in [1.54, 1.807) is 0 Å². The van der Waals surface area contributed by atoms with E-state index in [-0.39, 0.29) is 0 Å². The number of hydrogen-bond donors (Lipinski definition) is 0. The molecule has 1 aliphatic carbocycles. The third-order valence-corrected chi connectivity index (χ3v) is 8.48. The van der Waals surface area contributed by atoms with Crippen LogP contribution in [0.15, 0.2) is 146 Å². The number of allylic oxidation sites excluding steroid dienone is 5. The van der Waals surface area contributed by atoms with Gasteiger partial charge in [0, 0.05) is 28.2 Å². The van der Waals surface area contributed by atoms with E-state index in [1.165, 1.54) is 60.5 Å². The number of aromatic nitrogens is 2. The normalized spacial score (nSPS) is 12.8. The summed E-state index contributed by atoms with van der Waals surface area (Å²) < 4.78 is 2.42. The Morgan fingerprint density at radius 1 is 0.667 bits per heavy atom. The third kappa shape index (κ3) is 3.62. The minimum Gasteiger partial charge on any atom is -0.309 e. The number of hydrogen-bond acceptors (Lipinski definition) is 1. The molecule has 2 heterocycles. The fourth-order valence-corrected chi connectivity index (χ4v) is 6.67. The average Bonchev–Trinajstić information content (AvgIpc) is 3.32. The first-order valence-electron chi connectivity index (χ1n) is 14.3. The Morgan fingerprint density at radius 2 is 1.43 bits per heavy atom. The van der Waals surface area contributed by atoms with Crippen LogP contribution in [0.4, 0.5) is 0 Å². The van der Waals surface area contributed by atoms with Crippen LogP contribution in [0.5, 0.6) is 0 Å². The van der Waals surface area contributed by atoms with Crippen molar-refractivity contribution >= 4 is 43.8 Å². The monoisotopic (exact) mass is 536 g/mol. The molecule has 0 atom stereocenters. The van der Waals surface area contributed by atoms with E-state index in [2.05, 4.69) is 139 Å². The van der Waals surface area contributed by atoms with Gasteiger partial charge in [0.1, 0.15) is 0 Å². The van der Waals surface area contributed by atoms with E-state index in [0.717, 1.165) is 22.5 Å². The number of benzene rings is 5. The lowest BCUT2D eigenvalue weighted by molar-refractivity contribution is 1.24. The largest absolute Gasteiger partial charge is 0.309 e. The molecule has 0 unspecified atom stereocenters. The van der Waals surface area contributed by atoms with Gasteiger partial charge in [-0.3, -0.25) is 4.98 Å². The highest BCUT2D eigenvalue weighted by Gasteiger charge is 2.25. The van der Waals surface area contributed by atoms with Gasteiger partial charge in [0.05, 0.1) is 16.7 Å². The molecule has 0 spiro atoms. The van der Waals surface area contributed by atoms with Crippen molar-refractivity contribution in [3.63, 3.8) is 0 Å². The lowest BCUT2D eigenvalue weighted by Crippen LogP contribution is -1.97. The van der Waals surface area contributed by atoms with Crippen molar-refractivity contribution in [1.82, 2.24) is 9.55 Å². The van der Waals surface area contributed by atoms with E-state index in [4.69, 9.17) is 4.98 Å². The van der Waals surface area contributed by atoms with Crippen LogP contribution in [0.3, 0.4) is 0 Å². The molecule has 0 saturated carbocycles. The first-order chi connectivity index (χ1) is 20.7. The van der Waals surface area contributed by atoms with Gasteiger partial charge in [-0.25, -0.2) is 0 Å². The lowest BCUT2D eigenvalue weighted by atomic mass is 9.92. The second-order valence-electron chi connectivity index (χ2n) is 10.9. The second kappa shape index (κ2) is 9.57. The first kappa shape index (κ1) is 24.3. The molecule has 2 aromatic heterocycles. The predicted octanol–water partition coefficient (Wildman–Crippen LogP) is 10.8. The van der Waals surface area contributed by atoms with E-state index in [1.807, 2.05) is 18.3 Å². The molecule has 5 aromatic carbocycles. The minimum absolute atomic E-state index is 0.960. The summed E-state index contributed by atoms with van der Waals surface area (Å²) in [6, 6.07) is 41.4. The summed E-state index contributed by atoms with van der Waals surface area (Å²) in [6.07, 6.45) is 8.15. The maximum atomic E-state index is 4.76. The van der Waals surface area contributed by atoms with Crippen molar-refractivity contribution in [3.05, 3.63) is 152 Å². The smallest absolute Gasteiger partial charge is 0.0702 e. The third-order valence-electron chi connectivity index (χ3n) is 8.48. The fraction of sp³-hybridized carbons (Fsp3) is 0.0250. The summed E-state index contributed by atoms with van der Waals surface area (Å²) in [5, 5.41) is 5.11. The molecule has 8 rings (SSSR count). The lowest BCUT2D eigenvalue weighted by Gasteiger charge is -2.16. The van der Waals surface area contributed by atoms with Gasteiger partial charge < -0.3 is 4.57 Å².